The number of alkyl halides is 2. The summed E-state index contributed by atoms with van der Waals surface area (Å²) in [6.45, 7) is 0.782. The van der Waals surface area contributed by atoms with Crippen LogP contribution in [0.25, 0.3) is 0 Å². The van der Waals surface area contributed by atoms with Gasteiger partial charge in [0.15, 0.2) is 0 Å². The van der Waals surface area contributed by atoms with Crippen LogP contribution < -0.4 is 0 Å². The molecule has 0 saturated carbocycles. The Morgan fingerprint density at radius 1 is 1.25 bits per heavy atom. The van der Waals surface area contributed by atoms with Gasteiger partial charge in [-0.25, -0.2) is 8.78 Å². The maximum absolute atomic E-state index is 12.8. The van der Waals surface area contributed by atoms with Crippen molar-refractivity contribution < 1.29 is 8.78 Å². The molecule has 1 aromatic carbocycles. The SMILES string of the molecule is CC(F)(F)c1cccc(Cl)c1Cl. The summed E-state index contributed by atoms with van der Waals surface area (Å²) >= 11 is 11.1. The van der Waals surface area contributed by atoms with Gasteiger partial charge >= 0.3 is 0 Å². The van der Waals surface area contributed by atoms with Crippen molar-refractivity contribution in [3.8, 4) is 0 Å². The Morgan fingerprint density at radius 3 is 2.25 bits per heavy atom. The van der Waals surface area contributed by atoms with E-state index in [1.54, 1.807) is 0 Å². The van der Waals surface area contributed by atoms with Crippen molar-refractivity contribution in [1.29, 1.82) is 0 Å². The third kappa shape index (κ3) is 1.87. The average Bonchev–Trinajstić information content (AvgIpc) is 1.92. The second kappa shape index (κ2) is 3.19. The largest absolute Gasteiger partial charge is 0.272 e. The Hall–Kier alpha value is -0.340. The average molecular weight is 211 g/mol. The number of halogens is 4. The van der Waals surface area contributed by atoms with Crippen LogP contribution in [0.3, 0.4) is 0 Å². The molecule has 0 saturated heterocycles. The predicted molar refractivity (Wildman–Crippen MR) is 46.0 cm³/mol. The van der Waals surface area contributed by atoms with Crippen LogP contribution in [0.1, 0.15) is 12.5 Å². The van der Waals surface area contributed by atoms with Crippen LogP contribution in [-0.4, -0.2) is 0 Å². The van der Waals surface area contributed by atoms with E-state index in [2.05, 4.69) is 0 Å². The molecule has 0 heterocycles. The Kier molecular flexibility index (Phi) is 2.59. The molecule has 0 unspecified atom stereocenters. The fraction of sp³-hybridized carbons (Fsp3) is 0.250. The summed E-state index contributed by atoms with van der Waals surface area (Å²) in [7, 11) is 0. The molecular weight excluding hydrogens is 205 g/mol. The van der Waals surface area contributed by atoms with E-state index in [1.807, 2.05) is 0 Å². The predicted octanol–water partition coefficient (Wildman–Crippen LogP) is 4.11. The first-order valence-corrected chi connectivity index (χ1v) is 4.01. The van der Waals surface area contributed by atoms with Gasteiger partial charge in [-0.1, -0.05) is 35.3 Å². The molecule has 4 heteroatoms. The number of benzene rings is 1. The molecule has 1 aromatic rings. The molecule has 0 aliphatic carbocycles. The lowest BCUT2D eigenvalue weighted by Crippen LogP contribution is -2.07. The summed E-state index contributed by atoms with van der Waals surface area (Å²) in [5, 5.41) is 0.0716. The Balaban J connectivity index is 3.26. The van der Waals surface area contributed by atoms with Crippen LogP contribution >= 0.6 is 23.2 Å². The minimum atomic E-state index is -2.94. The molecule has 0 fully saturated rings. The third-order valence-electron chi connectivity index (χ3n) is 1.42. The normalized spacial score (nSPS) is 11.8. The van der Waals surface area contributed by atoms with Gasteiger partial charge in [0.2, 0.25) is 0 Å². The zero-order chi connectivity index (χ0) is 9.35. The summed E-state index contributed by atoms with van der Waals surface area (Å²) < 4.78 is 25.5. The molecule has 0 N–H and O–H groups in total. The summed E-state index contributed by atoms with van der Waals surface area (Å²) in [6, 6.07) is 4.17. The number of rotatable bonds is 1. The molecule has 0 bridgehead atoms. The molecule has 0 aromatic heterocycles. The first-order valence-electron chi connectivity index (χ1n) is 3.25. The van der Waals surface area contributed by atoms with Crippen LogP contribution in [0, 0.1) is 0 Å². The summed E-state index contributed by atoms with van der Waals surface area (Å²) in [5.74, 6) is -2.94. The molecular formula is C8H6Cl2F2. The van der Waals surface area contributed by atoms with Crippen molar-refractivity contribution in [1.82, 2.24) is 0 Å². The summed E-state index contributed by atoms with van der Waals surface area (Å²) in [5.41, 5.74) is -0.239. The topological polar surface area (TPSA) is 0 Å². The smallest absolute Gasteiger partial charge is 0.202 e. The van der Waals surface area contributed by atoms with Crippen molar-refractivity contribution >= 4 is 23.2 Å². The van der Waals surface area contributed by atoms with E-state index in [-0.39, 0.29) is 15.6 Å². The zero-order valence-electron chi connectivity index (χ0n) is 6.24. The number of hydrogen-bond donors (Lipinski definition) is 0. The first-order chi connectivity index (χ1) is 5.43. The van der Waals surface area contributed by atoms with Crippen molar-refractivity contribution in [2.24, 2.45) is 0 Å². The molecule has 0 nitrogen and oxygen atoms in total. The Morgan fingerprint density at radius 2 is 1.83 bits per heavy atom. The Labute approximate surface area is 79.1 Å². The van der Waals surface area contributed by atoms with E-state index in [4.69, 9.17) is 23.2 Å². The van der Waals surface area contributed by atoms with Gasteiger partial charge in [-0.3, -0.25) is 0 Å². The van der Waals surface area contributed by atoms with Gasteiger partial charge in [-0.05, 0) is 6.07 Å². The molecule has 66 valence electrons. The van der Waals surface area contributed by atoms with Crippen molar-refractivity contribution in [2.45, 2.75) is 12.8 Å². The summed E-state index contributed by atoms with van der Waals surface area (Å²) in [6.07, 6.45) is 0. The van der Waals surface area contributed by atoms with Crippen molar-refractivity contribution in [3.63, 3.8) is 0 Å². The van der Waals surface area contributed by atoms with Gasteiger partial charge < -0.3 is 0 Å². The van der Waals surface area contributed by atoms with E-state index in [0.717, 1.165) is 6.92 Å². The van der Waals surface area contributed by atoms with E-state index in [0.29, 0.717) is 0 Å². The maximum atomic E-state index is 12.8. The van der Waals surface area contributed by atoms with E-state index >= 15 is 0 Å². The van der Waals surface area contributed by atoms with Crippen LogP contribution in [-0.2, 0) is 5.92 Å². The minimum absolute atomic E-state index is 0.0772. The minimum Gasteiger partial charge on any atom is -0.202 e. The molecule has 0 spiro atoms. The molecule has 0 atom stereocenters. The van der Waals surface area contributed by atoms with E-state index < -0.39 is 5.92 Å². The van der Waals surface area contributed by atoms with Crippen molar-refractivity contribution in [3.05, 3.63) is 33.8 Å². The molecule has 0 aliphatic heterocycles. The zero-order valence-corrected chi connectivity index (χ0v) is 7.76. The van der Waals surface area contributed by atoms with Gasteiger partial charge in [0, 0.05) is 12.5 Å². The first kappa shape index (κ1) is 9.75. The molecule has 0 aliphatic rings. The lowest BCUT2D eigenvalue weighted by molar-refractivity contribution is 0.0176. The fourth-order valence-corrected chi connectivity index (χ4v) is 1.31. The second-order valence-electron chi connectivity index (χ2n) is 2.49. The van der Waals surface area contributed by atoms with Gasteiger partial charge in [-0.2, -0.15) is 0 Å². The Bertz CT molecular complexity index is 292. The fourth-order valence-electron chi connectivity index (χ4n) is 0.843. The highest BCUT2D eigenvalue weighted by molar-refractivity contribution is 6.42. The van der Waals surface area contributed by atoms with E-state index in [1.165, 1.54) is 18.2 Å². The highest BCUT2D eigenvalue weighted by Crippen LogP contribution is 2.36. The summed E-state index contributed by atoms with van der Waals surface area (Å²) in [4.78, 5) is 0. The molecule has 0 amide bonds. The molecule has 1 rings (SSSR count). The highest BCUT2D eigenvalue weighted by Gasteiger charge is 2.27. The van der Waals surface area contributed by atoms with Crippen LogP contribution in [0.5, 0.6) is 0 Å². The van der Waals surface area contributed by atoms with Crippen LogP contribution in [0.4, 0.5) is 8.78 Å². The molecule has 12 heavy (non-hydrogen) atoms. The number of hydrogen-bond acceptors (Lipinski definition) is 0. The lowest BCUT2D eigenvalue weighted by Gasteiger charge is -2.12. The second-order valence-corrected chi connectivity index (χ2v) is 3.27. The third-order valence-corrected chi connectivity index (χ3v) is 2.24. The van der Waals surface area contributed by atoms with Gasteiger partial charge in [0.25, 0.3) is 5.92 Å². The quantitative estimate of drug-likeness (QED) is 0.655. The van der Waals surface area contributed by atoms with Gasteiger partial charge in [0.05, 0.1) is 10.0 Å². The van der Waals surface area contributed by atoms with Crippen LogP contribution in [0.15, 0.2) is 18.2 Å². The monoisotopic (exact) mass is 210 g/mol. The maximum Gasteiger partial charge on any atom is 0.272 e. The highest BCUT2D eigenvalue weighted by atomic mass is 35.5. The van der Waals surface area contributed by atoms with Gasteiger partial charge in [-0.15, -0.1) is 0 Å². The van der Waals surface area contributed by atoms with Crippen LogP contribution in [0.2, 0.25) is 10.0 Å². The molecule has 0 radical (unpaired) electrons. The lowest BCUT2D eigenvalue weighted by atomic mass is 10.1. The van der Waals surface area contributed by atoms with E-state index in [9.17, 15) is 8.78 Å². The standard InChI is InChI=1S/C8H6Cl2F2/c1-8(11,12)5-3-2-4-6(9)7(5)10/h2-4H,1H3. The van der Waals surface area contributed by atoms with Crippen molar-refractivity contribution in [2.75, 3.05) is 0 Å². The van der Waals surface area contributed by atoms with Gasteiger partial charge in [0.1, 0.15) is 0 Å².